The molecule has 0 saturated carbocycles. The van der Waals surface area contributed by atoms with Crippen LogP contribution >= 0.6 is 0 Å². The Labute approximate surface area is 154 Å². The molecule has 0 bridgehead atoms. The van der Waals surface area contributed by atoms with Crippen LogP contribution in [0.3, 0.4) is 0 Å². The Morgan fingerprint density at radius 1 is 1.27 bits per heavy atom. The first-order valence-electron chi connectivity index (χ1n) is 8.47. The van der Waals surface area contributed by atoms with E-state index in [0.29, 0.717) is 30.6 Å². The first-order valence-corrected chi connectivity index (χ1v) is 8.47. The molecule has 0 saturated heterocycles. The van der Waals surface area contributed by atoms with Gasteiger partial charge in [-0.3, -0.25) is 4.79 Å². The van der Waals surface area contributed by atoms with E-state index in [1.807, 2.05) is 6.07 Å². The normalized spacial score (nSPS) is 10.2. The van der Waals surface area contributed by atoms with E-state index in [-0.39, 0.29) is 24.5 Å². The first-order chi connectivity index (χ1) is 12.4. The number of rotatable bonds is 10. The van der Waals surface area contributed by atoms with E-state index in [2.05, 4.69) is 13.8 Å². The number of ether oxygens (including phenoxy) is 3. The molecular formula is C19H26N2O5. The molecule has 0 radical (unpaired) electrons. The largest absolute Gasteiger partial charge is 0.493 e. The molecule has 0 spiro atoms. The predicted octanol–water partition coefficient (Wildman–Crippen LogP) is 2.65. The molecule has 0 aliphatic heterocycles. The van der Waals surface area contributed by atoms with Crippen LogP contribution in [0.25, 0.3) is 0 Å². The fraction of sp³-hybridized carbons (Fsp3) is 0.526. The van der Waals surface area contributed by atoms with E-state index in [0.717, 1.165) is 6.42 Å². The molecule has 1 amide bonds. The van der Waals surface area contributed by atoms with E-state index >= 15 is 0 Å². The quantitative estimate of drug-likeness (QED) is 0.595. The number of likely N-dealkylation sites (N-methyl/N-ethyl adjacent to an activating group) is 1. The van der Waals surface area contributed by atoms with Crippen LogP contribution in [0.2, 0.25) is 0 Å². The third-order valence-electron chi connectivity index (χ3n) is 3.66. The average Bonchev–Trinajstić information content (AvgIpc) is 2.63. The van der Waals surface area contributed by atoms with Crippen LogP contribution in [0.5, 0.6) is 11.5 Å². The van der Waals surface area contributed by atoms with Gasteiger partial charge in [0.25, 0.3) is 5.91 Å². The maximum absolute atomic E-state index is 12.1. The summed E-state index contributed by atoms with van der Waals surface area (Å²) < 4.78 is 16.0. The Bertz CT molecular complexity index is 652. The number of hydrogen-bond acceptors (Lipinski definition) is 6. The Morgan fingerprint density at radius 2 is 2.00 bits per heavy atom. The molecule has 0 heterocycles. The Morgan fingerprint density at radius 3 is 2.62 bits per heavy atom. The highest BCUT2D eigenvalue weighted by Crippen LogP contribution is 2.28. The summed E-state index contributed by atoms with van der Waals surface area (Å²) in [6, 6.07) is 6.70. The van der Waals surface area contributed by atoms with Gasteiger partial charge in [-0.15, -0.1) is 0 Å². The predicted molar refractivity (Wildman–Crippen MR) is 96.1 cm³/mol. The van der Waals surface area contributed by atoms with Gasteiger partial charge in [0, 0.05) is 13.6 Å². The van der Waals surface area contributed by atoms with Crippen LogP contribution in [0.15, 0.2) is 18.2 Å². The van der Waals surface area contributed by atoms with Crippen molar-refractivity contribution in [3.63, 3.8) is 0 Å². The second-order valence-electron chi connectivity index (χ2n) is 6.20. The van der Waals surface area contributed by atoms with Crippen LogP contribution < -0.4 is 9.47 Å². The van der Waals surface area contributed by atoms with Crippen LogP contribution in [0.4, 0.5) is 0 Å². The molecular weight excluding hydrogens is 336 g/mol. The summed E-state index contributed by atoms with van der Waals surface area (Å²) in [7, 11) is 3.05. The Kier molecular flexibility index (Phi) is 8.99. The van der Waals surface area contributed by atoms with Crippen molar-refractivity contribution >= 4 is 11.9 Å². The van der Waals surface area contributed by atoms with Crippen molar-refractivity contribution in [2.45, 2.75) is 26.7 Å². The molecule has 26 heavy (non-hydrogen) atoms. The molecule has 7 nitrogen and oxygen atoms in total. The second kappa shape index (κ2) is 11.0. The molecule has 0 aliphatic carbocycles. The minimum Gasteiger partial charge on any atom is -0.493 e. The molecule has 0 unspecified atom stereocenters. The number of benzene rings is 1. The van der Waals surface area contributed by atoms with Crippen LogP contribution in [-0.2, 0) is 9.53 Å². The van der Waals surface area contributed by atoms with Gasteiger partial charge in [0.15, 0.2) is 18.1 Å². The van der Waals surface area contributed by atoms with E-state index in [1.54, 1.807) is 19.2 Å². The monoisotopic (exact) mass is 362 g/mol. The summed E-state index contributed by atoms with van der Waals surface area (Å²) >= 11 is 0. The van der Waals surface area contributed by atoms with Crippen LogP contribution in [-0.4, -0.2) is 50.7 Å². The summed E-state index contributed by atoms with van der Waals surface area (Å²) in [5.74, 6) is 0.519. The highest BCUT2D eigenvalue weighted by Gasteiger charge is 2.15. The van der Waals surface area contributed by atoms with Gasteiger partial charge in [-0.1, -0.05) is 13.8 Å². The van der Waals surface area contributed by atoms with Crippen molar-refractivity contribution in [3.8, 4) is 17.6 Å². The first kappa shape index (κ1) is 21.3. The van der Waals surface area contributed by atoms with Gasteiger partial charge in [0.05, 0.1) is 31.8 Å². The van der Waals surface area contributed by atoms with E-state index in [4.69, 9.17) is 19.5 Å². The Balaban J connectivity index is 2.63. The maximum atomic E-state index is 12.1. The van der Waals surface area contributed by atoms with E-state index in [1.165, 1.54) is 18.1 Å². The van der Waals surface area contributed by atoms with Gasteiger partial charge in [-0.05, 0) is 30.5 Å². The van der Waals surface area contributed by atoms with Crippen molar-refractivity contribution in [1.82, 2.24) is 4.90 Å². The van der Waals surface area contributed by atoms with Gasteiger partial charge in [0.2, 0.25) is 0 Å². The smallest absolute Gasteiger partial charge is 0.338 e. The molecule has 1 aromatic carbocycles. The summed E-state index contributed by atoms with van der Waals surface area (Å²) in [5, 5.41) is 8.52. The topological polar surface area (TPSA) is 88.9 Å². The number of hydrogen-bond donors (Lipinski definition) is 0. The molecule has 7 heteroatoms. The summed E-state index contributed by atoms with van der Waals surface area (Å²) in [4.78, 5) is 25.3. The van der Waals surface area contributed by atoms with Gasteiger partial charge >= 0.3 is 5.97 Å². The molecule has 0 atom stereocenters. The zero-order valence-electron chi connectivity index (χ0n) is 15.8. The average molecular weight is 362 g/mol. The van der Waals surface area contributed by atoms with Gasteiger partial charge < -0.3 is 19.1 Å². The number of nitrogens with zero attached hydrogens (tertiary/aromatic N) is 2. The third kappa shape index (κ3) is 7.01. The zero-order chi connectivity index (χ0) is 19.5. The highest BCUT2D eigenvalue weighted by molar-refractivity contribution is 5.92. The van der Waals surface area contributed by atoms with Crippen molar-refractivity contribution < 1.29 is 23.8 Å². The minimum absolute atomic E-state index is 0.228. The number of nitriles is 1. The van der Waals surface area contributed by atoms with E-state index < -0.39 is 5.97 Å². The van der Waals surface area contributed by atoms with Crippen molar-refractivity contribution in [2.24, 2.45) is 5.92 Å². The van der Waals surface area contributed by atoms with Gasteiger partial charge in [0.1, 0.15) is 0 Å². The fourth-order valence-electron chi connectivity index (χ4n) is 1.98. The van der Waals surface area contributed by atoms with Crippen LogP contribution in [0, 0.1) is 17.2 Å². The summed E-state index contributed by atoms with van der Waals surface area (Å²) in [6.07, 6.45) is 1.14. The highest BCUT2D eigenvalue weighted by atomic mass is 16.5. The van der Waals surface area contributed by atoms with E-state index in [9.17, 15) is 9.59 Å². The lowest BCUT2D eigenvalue weighted by Crippen LogP contribution is -2.31. The molecule has 1 rings (SSSR count). The summed E-state index contributed by atoms with van der Waals surface area (Å²) in [6.45, 7) is 4.69. The molecule has 1 aromatic rings. The number of carbonyl (C=O) groups is 2. The maximum Gasteiger partial charge on any atom is 0.338 e. The third-order valence-corrected chi connectivity index (χ3v) is 3.66. The molecule has 142 valence electrons. The molecule has 0 aliphatic rings. The summed E-state index contributed by atoms with van der Waals surface area (Å²) in [5.41, 5.74) is 0.269. The number of esters is 1. The van der Waals surface area contributed by atoms with Gasteiger partial charge in [-0.25, -0.2) is 4.79 Å². The number of methoxy groups -OCH3 is 1. The van der Waals surface area contributed by atoms with Crippen molar-refractivity contribution in [2.75, 3.05) is 33.9 Å². The minimum atomic E-state index is -0.626. The standard InChI is InChI=1S/C19H26N2O5/c1-14(2)8-11-25-16-7-6-15(12-17(16)24-4)19(23)26-13-18(22)21(3)10-5-9-20/h6-7,12,14H,5,8,10-11,13H2,1-4H3. The molecule has 0 N–H and O–H groups in total. The number of amides is 1. The SMILES string of the molecule is COc1cc(C(=O)OCC(=O)N(C)CCC#N)ccc1OCCC(C)C. The molecule has 0 aromatic heterocycles. The Hall–Kier alpha value is -2.75. The lowest BCUT2D eigenvalue weighted by molar-refractivity contribution is -0.133. The lowest BCUT2D eigenvalue weighted by atomic mass is 10.1. The van der Waals surface area contributed by atoms with Crippen LogP contribution in [0.1, 0.15) is 37.0 Å². The van der Waals surface area contributed by atoms with Crippen molar-refractivity contribution in [3.05, 3.63) is 23.8 Å². The molecule has 0 fully saturated rings. The number of carbonyl (C=O) groups excluding carboxylic acids is 2. The fourth-order valence-corrected chi connectivity index (χ4v) is 1.98. The zero-order valence-corrected chi connectivity index (χ0v) is 15.8. The van der Waals surface area contributed by atoms with Crippen molar-refractivity contribution in [1.29, 1.82) is 5.26 Å². The second-order valence-corrected chi connectivity index (χ2v) is 6.20. The van der Waals surface area contributed by atoms with Gasteiger partial charge in [-0.2, -0.15) is 5.26 Å². The lowest BCUT2D eigenvalue weighted by Gasteiger charge is -2.15.